The summed E-state index contributed by atoms with van der Waals surface area (Å²) in [6.45, 7) is 3.77. The van der Waals surface area contributed by atoms with Gasteiger partial charge < -0.3 is 25.6 Å². The third kappa shape index (κ3) is 6.10. The van der Waals surface area contributed by atoms with Crippen LogP contribution in [-0.4, -0.2) is 54.0 Å². The molecule has 1 aliphatic rings. The van der Waals surface area contributed by atoms with E-state index in [-0.39, 0.29) is 37.4 Å². The number of carbonyl (C=O) groups excluding carboxylic acids is 2. The molecule has 2 amide bonds. The van der Waals surface area contributed by atoms with Crippen molar-refractivity contribution in [3.8, 4) is 11.1 Å². The largest absolute Gasteiger partial charge is 0.481 e. The fourth-order valence-electron chi connectivity index (χ4n) is 4.10. The molecule has 2 aromatic rings. The van der Waals surface area contributed by atoms with Crippen molar-refractivity contribution >= 4 is 18.0 Å². The average molecular weight is 455 g/mol. The summed E-state index contributed by atoms with van der Waals surface area (Å²) < 4.78 is 5.50. The topological polar surface area (TPSA) is 125 Å². The number of rotatable bonds is 10. The number of benzene rings is 2. The second-order valence-corrected chi connectivity index (χ2v) is 8.55. The molecule has 0 saturated carbocycles. The Morgan fingerprint density at radius 1 is 0.939 bits per heavy atom. The van der Waals surface area contributed by atoms with Crippen LogP contribution in [0.5, 0.6) is 0 Å². The first-order chi connectivity index (χ1) is 15.8. The fraction of sp³-hybridized carbons (Fsp3) is 0.400. The summed E-state index contributed by atoms with van der Waals surface area (Å²) in [6.07, 6.45) is -2.24. The lowest BCUT2D eigenvalue weighted by Gasteiger charge is -2.22. The Morgan fingerprint density at radius 3 is 2.06 bits per heavy atom. The summed E-state index contributed by atoms with van der Waals surface area (Å²) in [4.78, 5) is 35.5. The van der Waals surface area contributed by atoms with Gasteiger partial charge in [0.1, 0.15) is 6.61 Å². The zero-order valence-corrected chi connectivity index (χ0v) is 18.8. The molecule has 0 heterocycles. The molecule has 0 saturated heterocycles. The number of fused-ring (bicyclic) bond motifs is 3. The number of carbonyl (C=O) groups is 3. The maximum absolute atomic E-state index is 12.5. The van der Waals surface area contributed by atoms with Crippen molar-refractivity contribution in [2.24, 2.45) is 11.8 Å². The van der Waals surface area contributed by atoms with Gasteiger partial charge in [-0.05, 0) is 28.2 Å². The van der Waals surface area contributed by atoms with Crippen LogP contribution in [0.2, 0.25) is 0 Å². The van der Waals surface area contributed by atoms with Gasteiger partial charge in [0.05, 0.1) is 18.4 Å². The van der Waals surface area contributed by atoms with Gasteiger partial charge in [-0.3, -0.25) is 9.59 Å². The van der Waals surface area contributed by atoms with Gasteiger partial charge in [-0.15, -0.1) is 0 Å². The standard InChI is InChI=1S/C25H30N2O6/c1-15(2)21(24(31)26-12-16(28)11-23(29)30)13-27-25(32)33-14-22-19-9-5-3-7-17(19)18-8-4-6-10-20(18)22/h3-10,15-16,21-22,28H,11-14H2,1-2H3,(H,26,31)(H,27,32)(H,29,30). The van der Waals surface area contributed by atoms with Crippen LogP contribution in [0.4, 0.5) is 4.79 Å². The van der Waals surface area contributed by atoms with Crippen LogP contribution >= 0.6 is 0 Å². The van der Waals surface area contributed by atoms with E-state index in [1.54, 1.807) is 0 Å². The molecule has 8 heteroatoms. The number of aliphatic carboxylic acids is 1. The zero-order valence-electron chi connectivity index (χ0n) is 18.8. The SMILES string of the molecule is CC(C)C(CNC(=O)OCC1c2ccccc2-c2ccccc21)C(=O)NCC(O)CC(=O)O. The molecule has 4 N–H and O–H groups in total. The van der Waals surface area contributed by atoms with E-state index in [0.717, 1.165) is 22.3 Å². The van der Waals surface area contributed by atoms with Crippen molar-refractivity contribution in [3.05, 3.63) is 59.7 Å². The molecule has 3 rings (SSSR count). The van der Waals surface area contributed by atoms with E-state index in [4.69, 9.17) is 9.84 Å². The van der Waals surface area contributed by atoms with Gasteiger partial charge in [0.15, 0.2) is 0 Å². The van der Waals surface area contributed by atoms with Gasteiger partial charge in [-0.2, -0.15) is 0 Å². The molecule has 0 radical (unpaired) electrons. The normalized spacial score (nSPS) is 14.2. The van der Waals surface area contributed by atoms with E-state index in [1.165, 1.54) is 0 Å². The first-order valence-electron chi connectivity index (χ1n) is 11.0. The summed E-state index contributed by atoms with van der Waals surface area (Å²) in [5.41, 5.74) is 4.52. The van der Waals surface area contributed by atoms with Gasteiger partial charge >= 0.3 is 12.1 Å². The van der Waals surface area contributed by atoms with E-state index in [2.05, 4.69) is 22.8 Å². The number of aliphatic hydroxyl groups is 1. The second-order valence-electron chi connectivity index (χ2n) is 8.55. The van der Waals surface area contributed by atoms with E-state index in [9.17, 15) is 19.5 Å². The van der Waals surface area contributed by atoms with Crippen molar-refractivity contribution in [1.29, 1.82) is 0 Å². The van der Waals surface area contributed by atoms with E-state index in [1.807, 2.05) is 50.2 Å². The van der Waals surface area contributed by atoms with Gasteiger partial charge in [-0.25, -0.2) is 4.79 Å². The summed E-state index contributed by atoms with van der Waals surface area (Å²) in [5.74, 6) is -2.21. The third-order valence-electron chi connectivity index (χ3n) is 5.87. The van der Waals surface area contributed by atoms with Crippen molar-refractivity contribution in [3.63, 3.8) is 0 Å². The van der Waals surface area contributed by atoms with Crippen molar-refractivity contribution < 1.29 is 29.3 Å². The Kier molecular flexibility index (Phi) is 8.06. The molecule has 8 nitrogen and oxygen atoms in total. The molecule has 2 unspecified atom stereocenters. The number of alkyl carbamates (subject to hydrolysis) is 1. The Balaban J connectivity index is 1.53. The smallest absolute Gasteiger partial charge is 0.407 e. The van der Waals surface area contributed by atoms with Crippen LogP contribution in [-0.2, 0) is 14.3 Å². The first kappa shape index (κ1) is 24.3. The number of nitrogens with one attached hydrogen (secondary N) is 2. The summed E-state index contributed by atoms with van der Waals surface area (Å²) in [5, 5.41) is 23.5. The number of carboxylic acid groups (broad SMARTS) is 1. The monoisotopic (exact) mass is 454 g/mol. The number of aliphatic hydroxyl groups excluding tert-OH is 1. The maximum atomic E-state index is 12.5. The maximum Gasteiger partial charge on any atom is 0.407 e. The van der Waals surface area contributed by atoms with Crippen LogP contribution in [0.25, 0.3) is 11.1 Å². The lowest BCUT2D eigenvalue weighted by atomic mass is 9.95. The van der Waals surface area contributed by atoms with Crippen LogP contribution in [0, 0.1) is 11.8 Å². The summed E-state index contributed by atoms with van der Waals surface area (Å²) >= 11 is 0. The molecular weight excluding hydrogens is 424 g/mol. The minimum atomic E-state index is -1.17. The minimum Gasteiger partial charge on any atom is -0.481 e. The molecule has 2 aromatic carbocycles. The predicted octanol–water partition coefficient (Wildman–Crippen LogP) is 2.75. The quantitative estimate of drug-likeness (QED) is 0.438. The molecule has 0 aliphatic heterocycles. The van der Waals surface area contributed by atoms with E-state index in [0.29, 0.717) is 0 Å². The molecule has 0 fully saturated rings. The van der Waals surface area contributed by atoms with Crippen LogP contribution in [0.3, 0.4) is 0 Å². The van der Waals surface area contributed by atoms with Crippen molar-refractivity contribution in [2.45, 2.75) is 32.3 Å². The lowest BCUT2D eigenvalue weighted by Crippen LogP contribution is -2.44. The van der Waals surface area contributed by atoms with Crippen LogP contribution in [0.15, 0.2) is 48.5 Å². The number of carboxylic acids is 1. The van der Waals surface area contributed by atoms with Crippen LogP contribution < -0.4 is 10.6 Å². The second kappa shape index (κ2) is 11.0. The van der Waals surface area contributed by atoms with Gasteiger partial charge in [-0.1, -0.05) is 62.4 Å². The minimum absolute atomic E-state index is 0.0527. The third-order valence-corrected chi connectivity index (χ3v) is 5.87. The molecular formula is C25H30N2O6. The Bertz CT molecular complexity index is 960. The average Bonchev–Trinajstić information content (AvgIpc) is 3.09. The highest BCUT2D eigenvalue weighted by Crippen LogP contribution is 2.44. The number of ether oxygens (including phenoxy) is 1. The summed E-state index contributed by atoms with van der Waals surface area (Å²) in [7, 11) is 0. The van der Waals surface area contributed by atoms with Crippen molar-refractivity contribution in [2.75, 3.05) is 19.7 Å². The molecule has 1 aliphatic carbocycles. The van der Waals surface area contributed by atoms with E-state index >= 15 is 0 Å². The van der Waals surface area contributed by atoms with Gasteiger partial charge in [0.2, 0.25) is 5.91 Å². The molecule has 0 aromatic heterocycles. The molecule has 33 heavy (non-hydrogen) atoms. The highest BCUT2D eigenvalue weighted by Gasteiger charge is 2.29. The number of hydrogen-bond donors (Lipinski definition) is 4. The van der Waals surface area contributed by atoms with Crippen LogP contribution in [0.1, 0.15) is 37.3 Å². The Hall–Kier alpha value is -3.39. The molecule has 176 valence electrons. The van der Waals surface area contributed by atoms with Crippen molar-refractivity contribution in [1.82, 2.24) is 10.6 Å². The van der Waals surface area contributed by atoms with Gasteiger partial charge in [0.25, 0.3) is 0 Å². The molecule has 0 spiro atoms. The zero-order chi connectivity index (χ0) is 24.0. The molecule has 0 bridgehead atoms. The Labute approximate surface area is 193 Å². The van der Waals surface area contributed by atoms with E-state index < -0.39 is 30.5 Å². The fourth-order valence-corrected chi connectivity index (χ4v) is 4.10. The van der Waals surface area contributed by atoms with Gasteiger partial charge in [0, 0.05) is 19.0 Å². The first-order valence-corrected chi connectivity index (χ1v) is 11.0. The highest BCUT2D eigenvalue weighted by molar-refractivity contribution is 5.80. The lowest BCUT2D eigenvalue weighted by molar-refractivity contribution is -0.139. The number of amides is 2. The number of hydrogen-bond acceptors (Lipinski definition) is 5. The highest BCUT2D eigenvalue weighted by atomic mass is 16.5. The summed E-state index contributed by atoms with van der Waals surface area (Å²) in [6, 6.07) is 16.1. The molecule has 2 atom stereocenters. The predicted molar refractivity (Wildman–Crippen MR) is 123 cm³/mol. The Morgan fingerprint density at radius 2 is 1.52 bits per heavy atom.